The molecule has 3 rings (SSSR count). The molecule has 0 spiro atoms. The predicted octanol–water partition coefficient (Wildman–Crippen LogP) is 5.42. The van der Waals surface area contributed by atoms with Gasteiger partial charge in [-0.25, -0.2) is 0 Å². The molecule has 0 radical (unpaired) electrons. The predicted molar refractivity (Wildman–Crippen MR) is 123 cm³/mol. The zero-order valence-corrected chi connectivity index (χ0v) is 17.9. The molecule has 1 N–H and O–H groups in total. The van der Waals surface area contributed by atoms with E-state index in [1.807, 2.05) is 48.5 Å². The highest BCUT2D eigenvalue weighted by Crippen LogP contribution is 2.09. The zero-order valence-electron chi connectivity index (χ0n) is 16.9. The van der Waals surface area contributed by atoms with Crippen molar-refractivity contribution in [2.45, 2.75) is 19.6 Å². The van der Waals surface area contributed by atoms with E-state index in [0.717, 1.165) is 27.8 Å². The SMILES string of the molecule is C[Si](C)(C)C#Cc1ccc(C#Cc2ccc(C#Cc3ccc(O)cc3)cc2)cc1. The molecule has 0 aliphatic carbocycles. The van der Waals surface area contributed by atoms with Gasteiger partial charge in [0, 0.05) is 27.8 Å². The Morgan fingerprint density at radius 1 is 0.483 bits per heavy atom. The molecular weight excluding hydrogens is 368 g/mol. The van der Waals surface area contributed by atoms with Crippen LogP contribution in [0.4, 0.5) is 0 Å². The molecule has 0 atom stereocenters. The average Bonchev–Trinajstić information content (AvgIpc) is 2.71. The number of rotatable bonds is 0. The maximum absolute atomic E-state index is 9.31. The lowest BCUT2D eigenvalue weighted by molar-refractivity contribution is 0.475. The molecule has 0 heterocycles. The Bertz CT molecular complexity index is 1160. The van der Waals surface area contributed by atoms with Crippen LogP contribution in [0.2, 0.25) is 19.6 Å². The van der Waals surface area contributed by atoms with Gasteiger partial charge in [0.2, 0.25) is 0 Å². The van der Waals surface area contributed by atoms with E-state index >= 15 is 0 Å². The van der Waals surface area contributed by atoms with Crippen molar-refractivity contribution in [3.05, 3.63) is 101 Å². The van der Waals surface area contributed by atoms with Crippen LogP contribution in [0.3, 0.4) is 0 Å². The fourth-order valence-corrected chi connectivity index (χ4v) is 2.89. The molecule has 0 aliphatic heterocycles. The Morgan fingerprint density at radius 2 is 0.759 bits per heavy atom. The van der Waals surface area contributed by atoms with Crippen LogP contribution in [-0.4, -0.2) is 13.2 Å². The largest absolute Gasteiger partial charge is 0.508 e. The van der Waals surface area contributed by atoms with Crippen LogP contribution in [0.25, 0.3) is 0 Å². The molecule has 3 aromatic rings. The first-order chi connectivity index (χ1) is 13.9. The number of phenols is 1. The molecule has 1 nitrogen and oxygen atoms in total. The standard InChI is InChI=1S/C27H22OSi/c1-29(2,3)21-20-26-14-12-24(13-15-26)9-8-22-4-6-23(7-5-22)10-11-25-16-18-27(28)19-17-25/h4-7,12-19,28H,1-3H3. The first-order valence-electron chi connectivity index (χ1n) is 9.44. The fourth-order valence-electron chi connectivity index (χ4n) is 2.37. The maximum Gasteiger partial charge on any atom is 0.129 e. The monoisotopic (exact) mass is 390 g/mol. The average molecular weight is 391 g/mol. The molecule has 0 aliphatic rings. The summed E-state index contributed by atoms with van der Waals surface area (Å²) >= 11 is 0. The molecule has 0 aromatic heterocycles. The minimum Gasteiger partial charge on any atom is -0.508 e. The number of hydrogen-bond acceptors (Lipinski definition) is 1. The minimum absolute atomic E-state index is 0.243. The van der Waals surface area contributed by atoms with E-state index in [0.29, 0.717) is 0 Å². The van der Waals surface area contributed by atoms with Crippen molar-refractivity contribution in [3.63, 3.8) is 0 Å². The molecular formula is C27H22OSi. The third-order valence-electron chi connectivity index (χ3n) is 3.92. The third-order valence-corrected chi connectivity index (χ3v) is 4.80. The number of hydrogen-bond donors (Lipinski definition) is 1. The van der Waals surface area contributed by atoms with Gasteiger partial charge in [-0.1, -0.05) is 49.2 Å². The van der Waals surface area contributed by atoms with Crippen molar-refractivity contribution in [1.82, 2.24) is 0 Å². The van der Waals surface area contributed by atoms with Crippen LogP contribution in [0.1, 0.15) is 27.8 Å². The fraction of sp³-hybridized carbons (Fsp3) is 0.111. The van der Waals surface area contributed by atoms with E-state index in [4.69, 9.17) is 0 Å². The second-order valence-corrected chi connectivity index (χ2v) is 12.5. The summed E-state index contributed by atoms with van der Waals surface area (Å²) in [6, 6.07) is 22.8. The number of benzene rings is 3. The van der Waals surface area contributed by atoms with Gasteiger partial charge in [-0.05, 0) is 72.8 Å². The normalized spacial score (nSPS) is 9.90. The van der Waals surface area contributed by atoms with Gasteiger partial charge in [-0.15, -0.1) is 5.54 Å². The summed E-state index contributed by atoms with van der Waals surface area (Å²) in [6.45, 7) is 6.72. The second kappa shape index (κ2) is 9.03. The van der Waals surface area contributed by atoms with Crippen molar-refractivity contribution in [2.75, 3.05) is 0 Å². The van der Waals surface area contributed by atoms with Crippen LogP contribution in [0.5, 0.6) is 5.75 Å². The molecule has 0 bridgehead atoms. The summed E-state index contributed by atoms with van der Waals surface area (Å²) in [4.78, 5) is 0. The third kappa shape index (κ3) is 6.79. The topological polar surface area (TPSA) is 20.2 Å². The Hall–Kier alpha value is -3.64. The molecule has 0 saturated heterocycles. The van der Waals surface area contributed by atoms with Crippen molar-refractivity contribution < 1.29 is 5.11 Å². The Labute approximate surface area is 174 Å². The van der Waals surface area contributed by atoms with Gasteiger partial charge in [0.05, 0.1) is 0 Å². The summed E-state index contributed by atoms with van der Waals surface area (Å²) < 4.78 is 0. The van der Waals surface area contributed by atoms with Gasteiger partial charge in [0.1, 0.15) is 13.8 Å². The van der Waals surface area contributed by atoms with Crippen LogP contribution < -0.4 is 0 Å². The second-order valence-electron chi connectivity index (χ2n) is 7.70. The van der Waals surface area contributed by atoms with E-state index in [2.05, 4.69) is 54.8 Å². The van der Waals surface area contributed by atoms with E-state index in [9.17, 15) is 5.11 Å². The van der Waals surface area contributed by atoms with Gasteiger partial charge in [-0.3, -0.25) is 0 Å². The van der Waals surface area contributed by atoms with Gasteiger partial charge >= 0.3 is 0 Å². The molecule has 3 aromatic carbocycles. The molecule has 0 saturated carbocycles. The lowest BCUT2D eigenvalue weighted by Gasteiger charge is -2.03. The summed E-state index contributed by atoms with van der Waals surface area (Å²) in [6.07, 6.45) is 0. The van der Waals surface area contributed by atoms with Gasteiger partial charge in [-0.2, -0.15) is 0 Å². The van der Waals surface area contributed by atoms with Crippen LogP contribution in [0.15, 0.2) is 72.8 Å². The van der Waals surface area contributed by atoms with Crippen LogP contribution >= 0.6 is 0 Å². The van der Waals surface area contributed by atoms with E-state index in [1.165, 1.54) is 0 Å². The van der Waals surface area contributed by atoms with Crippen molar-refractivity contribution >= 4 is 8.07 Å². The Morgan fingerprint density at radius 3 is 1.07 bits per heavy atom. The quantitative estimate of drug-likeness (QED) is 0.401. The molecule has 29 heavy (non-hydrogen) atoms. The first-order valence-corrected chi connectivity index (χ1v) is 12.9. The van der Waals surface area contributed by atoms with Crippen molar-refractivity contribution in [2.24, 2.45) is 0 Å². The highest BCUT2D eigenvalue weighted by atomic mass is 28.3. The summed E-state index contributed by atoms with van der Waals surface area (Å²) in [5.41, 5.74) is 8.12. The summed E-state index contributed by atoms with van der Waals surface area (Å²) in [7, 11) is -1.35. The van der Waals surface area contributed by atoms with Gasteiger partial charge in [0.25, 0.3) is 0 Å². The molecule has 2 heteroatoms. The maximum atomic E-state index is 9.31. The van der Waals surface area contributed by atoms with E-state index < -0.39 is 8.07 Å². The Balaban J connectivity index is 1.67. The van der Waals surface area contributed by atoms with Gasteiger partial charge in [0.15, 0.2) is 0 Å². The lowest BCUT2D eigenvalue weighted by Crippen LogP contribution is -2.16. The number of aromatic hydroxyl groups is 1. The Kier molecular flexibility index (Phi) is 6.26. The van der Waals surface area contributed by atoms with Crippen molar-refractivity contribution in [3.8, 4) is 40.9 Å². The summed E-state index contributed by atoms with van der Waals surface area (Å²) in [5, 5.41) is 9.31. The molecule has 140 valence electrons. The van der Waals surface area contributed by atoms with Crippen LogP contribution in [-0.2, 0) is 0 Å². The minimum atomic E-state index is -1.35. The number of phenolic OH excluding ortho intramolecular Hbond substituents is 1. The lowest BCUT2D eigenvalue weighted by atomic mass is 10.1. The summed E-state index contributed by atoms with van der Waals surface area (Å²) in [5.74, 6) is 16.1. The van der Waals surface area contributed by atoms with Crippen molar-refractivity contribution in [1.29, 1.82) is 0 Å². The van der Waals surface area contributed by atoms with E-state index in [1.54, 1.807) is 24.3 Å². The molecule has 0 unspecified atom stereocenters. The highest BCUT2D eigenvalue weighted by Gasteiger charge is 2.07. The smallest absolute Gasteiger partial charge is 0.129 e. The zero-order chi connectivity index (χ0) is 20.7. The molecule has 0 amide bonds. The highest BCUT2D eigenvalue weighted by molar-refractivity contribution is 6.83. The van der Waals surface area contributed by atoms with Gasteiger partial charge < -0.3 is 5.11 Å². The van der Waals surface area contributed by atoms with E-state index in [-0.39, 0.29) is 5.75 Å². The van der Waals surface area contributed by atoms with Crippen LogP contribution in [0, 0.1) is 35.1 Å². The first kappa shape index (κ1) is 20.1. The molecule has 0 fully saturated rings.